The van der Waals surface area contributed by atoms with Gasteiger partial charge in [-0.05, 0) is 30.9 Å². The third-order valence-electron chi connectivity index (χ3n) is 2.82. The third-order valence-corrected chi connectivity index (χ3v) is 3.48. The summed E-state index contributed by atoms with van der Waals surface area (Å²) in [6.07, 6.45) is 1.94. The molecular weight excluding hydrogens is 230 g/mol. The van der Waals surface area contributed by atoms with Crippen molar-refractivity contribution in [1.82, 2.24) is 0 Å². The van der Waals surface area contributed by atoms with Crippen LogP contribution in [-0.4, -0.2) is 0 Å². The van der Waals surface area contributed by atoms with Crippen LogP contribution in [0.5, 0.6) is 0 Å². The monoisotopic (exact) mass is 246 g/mol. The molecule has 0 radical (unpaired) electrons. The number of hydrogen-bond donors (Lipinski definition) is 0. The second-order valence-corrected chi connectivity index (χ2v) is 4.76. The van der Waals surface area contributed by atoms with Crippen LogP contribution in [0, 0.1) is 24.5 Å². The molecule has 1 aromatic carbocycles. The molecule has 0 saturated carbocycles. The largest absolute Gasteiger partial charge is 0.207 e. The van der Waals surface area contributed by atoms with Gasteiger partial charge in [0.1, 0.15) is 11.6 Å². The second kappa shape index (κ2) is 5.62. The Kier molecular flexibility index (Phi) is 4.72. The van der Waals surface area contributed by atoms with Crippen LogP contribution in [0.4, 0.5) is 8.78 Å². The van der Waals surface area contributed by atoms with E-state index in [0.717, 1.165) is 18.9 Å². The summed E-state index contributed by atoms with van der Waals surface area (Å²) in [6, 6.07) is 2.42. The molecule has 0 spiro atoms. The number of alkyl halides is 1. The fraction of sp³-hybridized carbons (Fsp3) is 0.538. The first-order chi connectivity index (χ1) is 7.47. The van der Waals surface area contributed by atoms with Gasteiger partial charge in [0.25, 0.3) is 0 Å². The zero-order chi connectivity index (χ0) is 12.3. The summed E-state index contributed by atoms with van der Waals surface area (Å²) in [5.74, 6) is -0.884. The Morgan fingerprint density at radius 3 is 2.44 bits per heavy atom. The Morgan fingerprint density at radius 1 is 1.25 bits per heavy atom. The van der Waals surface area contributed by atoms with Gasteiger partial charge in [0.05, 0.1) is 5.38 Å². The minimum atomic E-state index is -0.550. The summed E-state index contributed by atoms with van der Waals surface area (Å²) in [7, 11) is 0. The van der Waals surface area contributed by atoms with Crippen LogP contribution >= 0.6 is 11.6 Å². The first-order valence-corrected chi connectivity index (χ1v) is 6.00. The average Bonchev–Trinajstić information content (AvgIpc) is 2.23. The maximum absolute atomic E-state index is 13.6. The van der Waals surface area contributed by atoms with Gasteiger partial charge in [-0.15, -0.1) is 11.6 Å². The summed E-state index contributed by atoms with van der Waals surface area (Å²) in [4.78, 5) is 0. The van der Waals surface area contributed by atoms with Crippen molar-refractivity contribution < 1.29 is 8.78 Å². The number of hydrogen-bond acceptors (Lipinski definition) is 0. The molecular formula is C13H17ClF2. The standard InChI is InChI=1S/C13H17ClF2/c1-4-5-8(2)13(14)10-6-9(3)11(15)7-12(10)16/h6-8,13H,4-5H2,1-3H3. The van der Waals surface area contributed by atoms with Gasteiger partial charge in [0.15, 0.2) is 0 Å². The SMILES string of the molecule is CCCC(C)C(Cl)c1cc(C)c(F)cc1F. The van der Waals surface area contributed by atoms with Gasteiger partial charge < -0.3 is 0 Å². The maximum Gasteiger partial charge on any atom is 0.130 e. The van der Waals surface area contributed by atoms with Crippen molar-refractivity contribution in [1.29, 1.82) is 0 Å². The van der Waals surface area contributed by atoms with Crippen molar-refractivity contribution in [3.05, 3.63) is 34.9 Å². The van der Waals surface area contributed by atoms with Crippen LogP contribution in [0.15, 0.2) is 12.1 Å². The van der Waals surface area contributed by atoms with E-state index in [-0.39, 0.29) is 11.3 Å². The lowest BCUT2D eigenvalue weighted by Gasteiger charge is -2.18. The molecule has 0 nitrogen and oxygen atoms in total. The van der Waals surface area contributed by atoms with Crippen LogP contribution in [0.3, 0.4) is 0 Å². The molecule has 0 aliphatic rings. The van der Waals surface area contributed by atoms with E-state index in [0.29, 0.717) is 11.1 Å². The lowest BCUT2D eigenvalue weighted by Crippen LogP contribution is -2.07. The summed E-state index contributed by atoms with van der Waals surface area (Å²) in [5, 5.41) is -0.390. The number of halogens is 3. The zero-order valence-corrected chi connectivity index (χ0v) is 10.6. The van der Waals surface area contributed by atoms with Crippen molar-refractivity contribution in [2.45, 2.75) is 39.0 Å². The highest BCUT2D eigenvalue weighted by Gasteiger charge is 2.20. The van der Waals surface area contributed by atoms with E-state index in [1.807, 2.05) is 6.92 Å². The molecule has 0 fully saturated rings. The molecule has 0 N–H and O–H groups in total. The molecule has 90 valence electrons. The Morgan fingerprint density at radius 2 is 1.88 bits per heavy atom. The van der Waals surface area contributed by atoms with Gasteiger partial charge in [-0.1, -0.05) is 20.3 Å². The summed E-state index contributed by atoms with van der Waals surface area (Å²) >= 11 is 6.20. The Bertz CT molecular complexity index is 363. The normalized spacial score (nSPS) is 14.9. The highest BCUT2D eigenvalue weighted by Crippen LogP contribution is 2.34. The van der Waals surface area contributed by atoms with Gasteiger partial charge >= 0.3 is 0 Å². The van der Waals surface area contributed by atoms with E-state index in [1.165, 1.54) is 6.07 Å². The summed E-state index contributed by atoms with van der Waals surface area (Å²) in [5.41, 5.74) is 0.840. The lowest BCUT2D eigenvalue weighted by atomic mass is 9.95. The van der Waals surface area contributed by atoms with Crippen molar-refractivity contribution in [3.8, 4) is 0 Å². The Hall–Kier alpha value is -0.630. The van der Waals surface area contributed by atoms with Crippen molar-refractivity contribution in [2.24, 2.45) is 5.92 Å². The van der Waals surface area contributed by atoms with Gasteiger partial charge in [-0.25, -0.2) is 8.78 Å². The van der Waals surface area contributed by atoms with Gasteiger partial charge in [0, 0.05) is 11.6 Å². The zero-order valence-electron chi connectivity index (χ0n) is 9.86. The van der Waals surface area contributed by atoms with Gasteiger partial charge in [-0.2, -0.15) is 0 Å². The number of rotatable bonds is 4. The van der Waals surface area contributed by atoms with E-state index in [4.69, 9.17) is 11.6 Å². The molecule has 0 amide bonds. The van der Waals surface area contributed by atoms with Crippen molar-refractivity contribution in [2.75, 3.05) is 0 Å². The smallest absolute Gasteiger partial charge is 0.130 e. The van der Waals surface area contributed by atoms with E-state index in [2.05, 4.69) is 6.92 Å². The van der Waals surface area contributed by atoms with Crippen LogP contribution in [-0.2, 0) is 0 Å². The van der Waals surface area contributed by atoms with Gasteiger partial charge in [-0.3, -0.25) is 0 Å². The van der Waals surface area contributed by atoms with Crippen LogP contribution in [0.2, 0.25) is 0 Å². The lowest BCUT2D eigenvalue weighted by molar-refractivity contribution is 0.485. The van der Waals surface area contributed by atoms with E-state index < -0.39 is 11.6 Å². The summed E-state index contributed by atoms with van der Waals surface area (Å²) in [6.45, 7) is 5.66. The number of benzene rings is 1. The van der Waals surface area contributed by atoms with Crippen LogP contribution in [0.1, 0.15) is 43.2 Å². The molecule has 16 heavy (non-hydrogen) atoms. The fourth-order valence-electron chi connectivity index (χ4n) is 1.80. The minimum absolute atomic E-state index is 0.186. The van der Waals surface area contributed by atoms with Gasteiger partial charge in [0.2, 0.25) is 0 Å². The summed E-state index contributed by atoms with van der Waals surface area (Å²) < 4.78 is 26.6. The molecule has 1 rings (SSSR count). The number of aryl methyl sites for hydroxylation is 1. The van der Waals surface area contributed by atoms with Crippen LogP contribution < -0.4 is 0 Å². The molecule has 3 heteroatoms. The molecule has 0 heterocycles. The van der Waals surface area contributed by atoms with Crippen molar-refractivity contribution >= 4 is 11.6 Å². The Labute approximate surface area is 101 Å². The second-order valence-electron chi connectivity index (χ2n) is 4.29. The van der Waals surface area contributed by atoms with E-state index in [1.54, 1.807) is 6.92 Å². The van der Waals surface area contributed by atoms with Crippen LogP contribution in [0.25, 0.3) is 0 Å². The minimum Gasteiger partial charge on any atom is -0.207 e. The highest BCUT2D eigenvalue weighted by atomic mass is 35.5. The first kappa shape index (κ1) is 13.4. The molecule has 2 unspecified atom stereocenters. The molecule has 0 aliphatic carbocycles. The topological polar surface area (TPSA) is 0 Å². The van der Waals surface area contributed by atoms with E-state index in [9.17, 15) is 8.78 Å². The van der Waals surface area contributed by atoms with Crippen molar-refractivity contribution in [3.63, 3.8) is 0 Å². The quantitative estimate of drug-likeness (QED) is 0.657. The third kappa shape index (κ3) is 2.94. The predicted octanol–water partition coefficient (Wildman–Crippen LogP) is 4.99. The molecule has 1 aromatic rings. The predicted molar refractivity (Wildman–Crippen MR) is 63.8 cm³/mol. The maximum atomic E-state index is 13.6. The Balaban J connectivity index is 2.99. The molecule has 0 saturated heterocycles. The highest BCUT2D eigenvalue weighted by molar-refractivity contribution is 6.21. The van der Waals surface area contributed by atoms with E-state index >= 15 is 0 Å². The molecule has 0 bridgehead atoms. The fourth-order valence-corrected chi connectivity index (χ4v) is 2.09. The first-order valence-electron chi connectivity index (χ1n) is 5.57. The average molecular weight is 247 g/mol. The molecule has 0 aliphatic heterocycles. The molecule has 2 atom stereocenters. The molecule has 0 aromatic heterocycles.